The van der Waals surface area contributed by atoms with Crippen LogP contribution in [0.15, 0.2) is 150 Å². The number of hydrogen-bond donors (Lipinski definition) is 0. The van der Waals surface area contributed by atoms with Gasteiger partial charge < -0.3 is 9.40 Å². The molecule has 1 radical (unpaired) electrons. The number of pyridine rings is 2. The van der Waals surface area contributed by atoms with E-state index in [2.05, 4.69) is 164 Å². The molecule has 1 aliphatic rings. The van der Waals surface area contributed by atoms with Crippen LogP contribution >= 0.6 is 0 Å². The van der Waals surface area contributed by atoms with Crippen molar-refractivity contribution in [3.8, 4) is 44.8 Å². The van der Waals surface area contributed by atoms with Gasteiger partial charge in [-0.1, -0.05) is 86.2 Å². The number of aromatic nitrogens is 2. The van der Waals surface area contributed by atoms with Gasteiger partial charge >= 0.3 is 135 Å². The van der Waals surface area contributed by atoms with E-state index in [-0.39, 0.29) is 25.5 Å². The third-order valence-electron chi connectivity index (χ3n) is 11.5. The van der Waals surface area contributed by atoms with Crippen LogP contribution in [0.25, 0.3) is 66.7 Å². The number of nitrogens with zero attached hydrogens (tertiary/aromatic N) is 2. The van der Waals surface area contributed by atoms with Crippen molar-refractivity contribution < 1.29 is 24.5 Å². The minimum absolute atomic E-state index is 0. The summed E-state index contributed by atoms with van der Waals surface area (Å²) in [5.41, 5.74) is 11.9. The summed E-state index contributed by atoms with van der Waals surface area (Å²) in [6.07, 6.45) is 9.34. The van der Waals surface area contributed by atoms with Crippen molar-refractivity contribution in [2.24, 2.45) is 5.92 Å². The van der Waals surface area contributed by atoms with Gasteiger partial charge in [0.2, 0.25) is 0 Å². The number of benzene rings is 5. The summed E-state index contributed by atoms with van der Waals surface area (Å²) in [6.45, 7) is 4.78. The zero-order valence-electron chi connectivity index (χ0n) is 32.9. The Morgan fingerprint density at radius 3 is 1.98 bits per heavy atom. The first kappa shape index (κ1) is 39.6. The Bertz CT molecular complexity index is 2550. The van der Waals surface area contributed by atoms with Crippen LogP contribution in [0.5, 0.6) is 0 Å². The Kier molecular flexibility index (Phi) is 11.9. The predicted molar refractivity (Wildman–Crippen MR) is 233 cm³/mol. The van der Waals surface area contributed by atoms with Gasteiger partial charge in [-0.2, -0.15) is 0 Å². The zero-order valence-corrected chi connectivity index (χ0v) is 37.4. The van der Waals surface area contributed by atoms with E-state index < -0.39 is 13.3 Å². The van der Waals surface area contributed by atoms with Gasteiger partial charge in [0.25, 0.3) is 0 Å². The predicted octanol–water partition coefficient (Wildman–Crippen LogP) is 13.3. The van der Waals surface area contributed by atoms with E-state index in [4.69, 9.17) is 9.40 Å². The molecule has 0 amide bonds. The van der Waals surface area contributed by atoms with Crippen molar-refractivity contribution in [3.63, 3.8) is 0 Å². The summed E-state index contributed by atoms with van der Waals surface area (Å²) < 4.78 is 7.89. The maximum Gasteiger partial charge on any atom is 0 e. The number of fused-ring (bicyclic) bond motifs is 3. The molecule has 0 saturated heterocycles. The first-order valence-corrected chi connectivity index (χ1v) is 26.9. The zero-order chi connectivity index (χ0) is 38.0. The maximum atomic E-state index is 6.45. The summed E-state index contributed by atoms with van der Waals surface area (Å²) in [7, 11) is 0. The molecule has 3 nitrogen and oxygen atoms in total. The minimum Gasteiger partial charge on any atom is 0 e. The fourth-order valence-electron chi connectivity index (χ4n) is 8.01. The largest absolute Gasteiger partial charge is 0 e. The normalized spacial score (nSPS) is 13.3. The molecule has 56 heavy (non-hydrogen) atoms. The number of furan rings is 1. The van der Waals surface area contributed by atoms with Crippen LogP contribution in [0.2, 0.25) is 17.3 Å². The monoisotopic (exact) mass is 971 g/mol. The summed E-state index contributed by atoms with van der Waals surface area (Å²) in [5, 5.41) is 2.24. The third-order valence-corrected chi connectivity index (χ3v) is 15.7. The number of hydrogen-bond acceptors (Lipinski definition) is 3. The molecular weight excluding hydrogens is 921 g/mol. The van der Waals surface area contributed by atoms with E-state index in [1.807, 2.05) is 30.5 Å². The van der Waals surface area contributed by atoms with Crippen molar-refractivity contribution in [2.75, 3.05) is 0 Å². The molecular formula is C51H48GeIrN2O-2. The molecule has 0 atom stereocenters. The Morgan fingerprint density at radius 2 is 1.32 bits per heavy atom. The molecule has 8 aromatic rings. The van der Waals surface area contributed by atoms with Gasteiger partial charge in [-0.3, -0.25) is 0 Å². The molecule has 3 heterocycles. The van der Waals surface area contributed by atoms with E-state index in [0.717, 1.165) is 55.9 Å². The van der Waals surface area contributed by atoms with Crippen LogP contribution in [0.1, 0.15) is 45.1 Å². The summed E-state index contributed by atoms with van der Waals surface area (Å²) >= 11 is -1.79. The fourth-order valence-corrected chi connectivity index (χ4v) is 10.2. The SMILES string of the molecule is CC(C)(c1ccnc(-c2[c-]ccc3c2oc2cc(-c4ccccc4)ccc23)c1)C1CCCC1.[CH3][Ge]([CH3])([CH3])[c]1ccc(-c2[c-]ccc(-c3ccccc3)c2)nc1.[Ir]. The minimum atomic E-state index is -1.79. The topological polar surface area (TPSA) is 38.9 Å². The summed E-state index contributed by atoms with van der Waals surface area (Å²) in [5.74, 6) is 7.89. The first-order chi connectivity index (χ1) is 26.6. The van der Waals surface area contributed by atoms with E-state index in [1.165, 1.54) is 52.3 Å². The van der Waals surface area contributed by atoms with Crippen molar-refractivity contribution in [1.82, 2.24) is 9.97 Å². The Balaban J connectivity index is 0.000000183. The van der Waals surface area contributed by atoms with Gasteiger partial charge in [-0.15, -0.1) is 18.2 Å². The molecule has 1 saturated carbocycles. The van der Waals surface area contributed by atoms with E-state index in [1.54, 1.807) is 0 Å². The van der Waals surface area contributed by atoms with Crippen molar-refractivity contribution in [3.05, 3.63) is 164 Å². The second kappa shape index (κ2) is 16.9. The van der Waals surface area contributed by atoms with Gasteiger partial charge in [0.15, 0.2) is 0 Å². The third kappa shape index (κ3) is 8.39. The van der Waals surface area contributed by atoms with Gasteiger partial charge in [-0.25, -0.2) is 0 Å². The molecule has 283 valence electrons. The standard InChI is InChI=1S/C31H28NO.C20H20GeN.Ir/c1-31(2,23-11-6-7-12-23)24-17-18-32-28(20-24)27-14-8-13-26-25-16-15-22(19-29(25)33-30(26)27)21-9-4-3-5-10-21;1-21(2,3)19-12-13-20(22-15-19)18-11-7-10-17(14-18)16-8-5-4-6-9-16;/h3-5,8-10,13,15-20,23H,6-7,11-12H2,1-2H3;4-10,12-15H,1-3H3;/q2*-1;. The van der Waals surface area contributed by atoms with Crippen LogP contribution in [0, 0.1) is 18.1 Å². The quantitative estimate of drug-likeness (QED) is 0.118. The number of rotatable bonds is 7. The van der Waals surface area contributed by atoms with Crippen molar-refractivity contribution in [1.29, 1.82) is 0 Å². The smallest absolute Gasteiger partial charge is 0 e. The fraction of sp³-hybridized carbons (Fsp3) is 0.216. The molecule has 1 fully saturated rings. The molecule has 0 spiro atoms. The molecule has 5 heteroatoms. The molecule has 9 rings (SSSR count). The Labute approximate surface area is 348 Å². The van der Waals surface area contributed by atoms with Crippen LogP contribution in [-0.4, -0.2) is 23.2 Å². The average molecular weight is 970 g/mol. The van der Waals surface area contributed by atoms with Crippen molar-refractivity contribution >= 4 is 39.6 Å². The van der Waals surface area contributed by atoms with E-state index in [9.17, 15) is 0 Å². The van der Waals surface area contributed by atoms with Crippen LogP contribution in [-0.2, 0) is 25.5 Å². The maximum absolute atomic E-state index is 6.45. The van der Waals surface area contributed by atoms with Gasteiger partial charge in [0.05, 0.1) is 5.58 Å². The second-order valence-electron chi connectivity index (χ2n) is 16.4. The van der Waals surface area contributed by atoms with Crippen LogP contribution < -0.4 is 4.40 Å². The Hall–Kier alpha value is -4.61. The second-order valence-corrected chi connectivity index (χ2v) is 27.1. The van der Waals surface area contributed by atoms with Gasteiger partial charge in [0, 0.05) is 31.7 Å². The molecule has 0 N–H and O–H groups in total. The summed E-state index contributed by atoms with van der Waals surface area (Å²) in [4.78, 5) is 9.41. The first-order valence-electron chi connectivity index (χ1n) is 19.6. The average Bonchev–Trinajstić information content (AvgIpc) is 3.91. The molecule has 3 aromatic heterocycles. The molecule has 5 aromatic carbocycles. The van der Waals surface area contributed by atoms with Crippen molar-refractivity contribution in [2.45, 2.75) is 62.2 Å². The summed E-state index contributed by atoms with van der Waals surface area (Å²) in [6, 6.07) is 53.2. The van der Waals surface area contributed by atoms with E-state index >= 15 is 0 Å². The molecule has 0 aliphatic heterocycles. The Morgan fingerprint density at radius 1 is 0.643 bits per heavy atom. The molecule has 1 aliphatic carbocycles. The van der Waals surface area contributed by atoms with Crippen LogP contribution in [0.4, 0.5) is 0 Å². The van der Waals surface area contributed by atoms with Gasteiger partial charge in [0.1, 0.15) is 5.58 Å². The van der Waals surface area contributed by atoms with Gasteiger partial charge in [-0.05, 0) is 58.7 Å². The van der Waals surface area contributed by atoms with E-state index in [0.29, 0.717) is 0 Å². The van der Waals surface area contributed by atoms with Crippen LogP contribution in [0.3, 0.4) is 0 Å². The molecule has 0 unspecified atom stereocenters. The molecule has 0 bridgehead atoms.